The van der Waals surface area contributed by atoms with Crippen molar-refractivity contribution < 1.29 is 9.53 Å². The molecule has 2 aromatic rings. The molecule has 110 valence electrons. The van der Waals surface area contributed by atoms with Crippen molar-refractivity contribution in [3.8, 4) is 5.75 Å². The molecule has 0 spiro atoms. The first-order valence-electron chi connectivity index (χ1n) is 6.39. The highest BCUT2D eigenvalue weighted by Gasteiger charge is 2.09. The Kier molecular flexibility index (Phi) is 5.15. The predicted molar refractivity (Wildman–Crippen MR) is 88.8 cm³/mol. The molecule has 1 amide bonds. The number of hydrogen-bond donors (Lipinski definition) is 1. The summed E-state index contributed by atoms with van der Waals surface area (Å²) < 4.78 is 5.29. The Balaban J connectivity index is 2.08. The number of nitrogens with one attached hydrogen (secondary N) is 1. The second-order valence-electron chi connectivity index (χ2n) is 4.62. The zero-order valence-corrected chi connectivity index (χ0v) is 13.6. The molecule has 0 heterocycles. The number of amides is 1. The lowest BCUT2D eigenvalue weighted by Crippen LogP contribution is -2.16. The molecular weight excluding hydrogens is 306 g/mol. The van der Waals surface area contributed by atoms with Gasteiger partial charge in [-0.05, 0) is 61.6 Å². The summed E-state index contributed by atoms with van der Waals surface area (Å²) in [5.41, 5.74) is 2.46. The molecule has 0 fully saturated rings. The van der Waals surface area contributed by atoms with E-state index in [4.69, 9.17) is 16.3 Å². The molecular formula is C16H16ClNO2S. The van der Waals surface area contributed by atoms with E-state index >= 15 is 0 Å². The molecule has 0 unspecified atom stereocenters. The van der Waals surface area contributed by atoms with Gasteiger partial charge in [-0.2, -0.15) is 0 Å². The Morgan fingerprint density at radius 1 is 1.19 bits per heavy atom. The zero-order valence-electron chi connectivity index (χ0n) is 12.1. The molecule has 0 saturated carbocycles. The van der Waals surface area contributed by atoms with Gasteiger partial charge in [0, 0.05) is 15.6 Å². The van der Waals surface area contributed by atoms with Crippen LogP contribution in [-0.4, -0.2) is 12.3 Å². The molecule has 2 aromatic carbocycles. The molecule has 0 radical (unpaired) electrons. The van der Waals surface area contributed by atoms with Crippen molar-refractivity contribution >= 4 is 35.1 Å². The van der Waals surface area contributed by atoms with Crippen LogP contribution < -0.4 is 10.1 Å². The lowest BCUT2D eigenvalue weighted by molar-refractivity contribution is 0.215. The summed E-state index contributed by atoms with van der Waals surface area (Å²) in [5.74, 6) is 0.480. The summed E-state index contributed by atoms with van der Waals surface area (Å²) in [4.78, 5) is 13.0. The number of halogens is 1. The summed E-state index contributed by atoms with van der Waals surface area (Å²) in [6, 6.07) is 11.1. The lowest BCUT2D eigenvalue weighted by Gasteiger charge is -2.10. The van der Waals surface area contributed by atoms with E-state index in [1.54, 1.807) is 23.9 Å². The molecule has 0 aliphatic rings. The third kappa shape index (κ3) is 4.16. The lowest BCUT2D eigenvalue weighted by atomic mass is 10.1. The van der Waals surface area contributed by atoms with Gasteiger partial charge in [-0.3, -0.25) is 5.32 Å². The number of ether oxygens (including phenoxy) is 1. The standard InChI is InChI=1S/C16H16ClNO2S/c1-10-7-13(8-11(2)15(10)17)20-16(19)18-12-5-4-6-14(9-12)21-3/h4-9H,1-3H3,(H,18,19). The first-order valence-corrected chi connectivity index (χ1v) is 7.99. The highest BCUT2D eigenvalue weighted by molar-refractivity contribution is 7.98. The molecule has 0 aromatic heterocycles. The normalized spacial score (nSPS) is 10.3. The van der Waals surface area contributed by atoms with E-state index < -0.39 is 6.09 Å². The van der Waals surface area contributed by atoms with Crippen molar-refractivity contribution in [1.82, 2.24) is 0 Å². The number of benzene rings is 2. The van der Waals surface area contributed by atoms with Gasteiger partial charge >= 0.3 is 6.09 Å². The van der Waals surface area contributed by atoms with E-state index in [1.807, 2.05) is 44.4 Å². The van der Waals surface area contributed by atoms with Gasteiger partial charge in [0.15, 0.2) is 0 Å². The zero-order chi connectivity index (χ0) is 15.4. The van der Waals surface area contributed by atoms with Crippen molar-refractivity contribution in [2.75, 3.05) is 11.6 Å². The number of carbonyl (C=O) groups excluding carboxylic acids is 1. The van der Waals surface area contributed by atoms with Crippen LogP contribution in [0.3, 0.4) is 0 Å². The summed E-state index contributed by atoms with van der Waals surface area (Å²) >= 11 is 7.70. The molecule has 0 bridgehead atoms. The number of hydrogen-bond acceptors (Lipinski definition) is 3. The molecule has 1 N–H and O–H groups in total. The Bertz CT molecular complexity index is 650. The maximum atomic E-state index is 11.9. The predicted octanol–water partition coefficient (Wildman–Crippen LogP) is 5.29. The highest BCUT2D eigenvalue weighted by atomic mass is 35.5. The maximum absolute atomic E-state index is 11.9. The number of thioether (sulfide) groups is 1. The Hall–Kier alpha value is -1.65. The number of rotatable bonds is 3. The largest absolute Gasteiger partial charge is 0.417 e. The van der Waals surface area contributed by atoms with Crippen molar-refractivity contribution in [1.29, 1.82) is 0 Å². The van der Waals surface area contributed by atoms with Crippen molar-refractivity contribution in [2.45, 2.75) is 18.7 Å². The van der Waals surface area contributed by atoms with Crippen molar-refractivity contribution in [2.24, 2.45) is 0 Å². The fourth-order valence-electron chi connectivity index (χ4n) is 1.92. The van der Waals surface area contributed by atoms with Gasteiger partial charge in [0.1, 0.15) is 5.75 Å². The third-order valence-electron chi connectivity index (χ3n) is 2.94. The first kappa shape index (κ1) is 15.7. The summed E-state index contributed by atoms with van der Waals surface area (Å²) in [7, 11) is 0. The van der Waals surface area contributed by atoms with Crippen LogP contribution in [0.15, 0.2) is 41.3 Å². The van der Waals surface area contributed by atoms with E-state index in [0.717, 1.165) is 16.0 Å². The van der Waals surface area contributed by atoms with E-state index in [9.17, 15) is 4.79 Å². The minimum Gasteiger partial charge on any atom is -0.410 e. The average Bonchev–Trinajstić information content (AvgIpc) is 2.44. The molecule has 5 heteroatoms. The molecule has 0 atom stereocenters. The highest BCUT2D eigenvalue weighted by Crippen LogP contribution is 2.26. The van der Waals surface area contributed by atoms with E-state index in [-0.39, 0.29) is 0 Å². The van der Waals surface area contributed by atoms with Gasteiger partial charge in [0.05, 0.1) is 0 Å². The topological polar surface area (TPSA) is 38.3 Å². The Labute approximate surface area is 133 Å². The van der Waals surface area contributed by atoms with Crippen LogP contribution in [-0.2, 0) is 0 Å². The van der Waals surface area contributed by atoms with Crippen LogP contribution in [0.2, 0.25) is 5.02 Å². The van der Waals surface area contributed by atoms with Gasteiger partial charge in [-0.25, -0.2) is 4.79 Å². The fraction of sp³-hybridized carbons (Fsp3) is 0.188. The number of anilines is 1. The number of aryl methyl sites for hydroxylation is 2. The van der Waals surface area contributed by atoms with Crippen LogP contribution in [0, 0.1) is 13.8 Å². The second kappa shape index (κ2) is 6.87. The van der Waals surface area contributed by atoms with Crippen LogP contribution in [0.5, 0.6) is 5.75 Å². The van der Waals surface area contributed by atoms with Crippen LogP contribution >= 0.6 is 23.4 Å². The summed E-state index contributed by atoms with van der Waals surface area (Å²) in [6.45, 7) is 3.75. The van der Waals surface area contributed by atoms with Crippen molar-refractivity contribution in [3.05, 3.63) is 52.5 Å². The number of carbonyl (C=O) groups is 1. The van der Waals surface area contributed by atoms with E-state index in [0.29, 0.717) is 16.5 Å². The summed E-state index contributed by atoms with van der Waals surface area (Å²) in [6.07, 6.45) is 1.46. The van der Waals surface area contributed by atoms with Gasteiger partial charge in [0.2, 0.25) is 0 Å². The maximum Gasteiger partial charge on any atom is 0.417 e. The van der Waals surface area contributed by atoms with E-state index in [1.165, 1.54) is 0 Å². The Morgan fingerprint density at radius 2 is 1.86 bits per heavy atom. The van der Waals surface area contributed by atoms with Crippen LogP contribution in [0.4, 0.5) is 10.5 Å². The van der Waals surface area contributed by atoms with Crippen molar-refractivity contribution in [3.63, 3.8) is 0 Å². The molecule has 0 aliphatic heterocycles. The molecule has 21 heavy (non-hydrogen) atoms. The minimum atomic E-state index is -0.519. The van der Waals surface area contributed by atoms with E-state index in [2.05, 4.69) is 5.32 Å². The molecule has 0 aliphatic carbocycles. The SMILES string of the molecule is CSc1cccc(NC(=O)Oc2cc(C)c(Cl)c(C)c2)c1. The minimum absolute atomic E-state index is 0.480. The van der Waals surface area contributed by atoms with Crippen LogP contribution in [0.25, 0.3) is 0 Å². The molecule has 3 nitrogen and oxygen atoms in total. The monoisotopic (exact) mass is 321 g/mol. The second-order valence-corrected chi connectivity index (χ2v) is 5.88. The average molecular weight is 322 g/mol. The van der Waals surface area contributed by atoms with Gasteiger partial charge in [-0.1, -0.05) is 17.7 Å². The quantitative estimate of drug-likeness (QED) is 0.781. The third-order valence-corrected chi connectivity index (χ3v) is 4.26. The van der Waals surface area contributed by atoms with Gasteiger partial charge in [-0.15, -0.1) is 11.8 Å². The van der Waals surface area contributed by atoms with Gasteiger partial charge in [0.25, 0.3) is 0 Å². The fourth-order valence-corrected chi connectivity index (χ4v) is 2.48. The molecule has 0 saturated heterocycles. The van der Waals surface area contributed by atoms with Gasteiger partial charge < -0.3 is 4.74 Å². The summed E-state index contributed by atoms with van der Waals surface area (Å²) in [5, 5.41) is 3.40. The van der Waals surface area contributed by atoms with Crippen LogP contribution in [0.1, 0.15) is 11.1 Å². The Morgan fingerprint density at radius 3 is 2.48 bits per heavy atom. The first-order chi connectivity index (χ1) is 9.99. The smallest absolute Gasteiger partial charge is 0.410 e. The molecule has 2 rings (SSSR count).